The summed E-state index contributed by atoms with van der Waals surface area (Å²) in [6.45, 7) is -0.0924. The van der Waals surface area contributed by atoms with Gasteiger partial charge < -0.3 is 4.74 Å². The lowest BCUT2D eigenvalue weighted by atomic mass is 10.2. The summed E-state index contributed by atoms with van der Waals surface area (Å²) in [5, 5.41) is 4.48. The second-order valence-electron chi connectivity index (χ2n) is 4.73. The summed E-state index contributed by atoms with van der Waals surface area (Å²) in [5.41, 5.74) is 2.04. The number of benzene rings is 2. The molecule has 120 valence electrons. The monoisotopic (exact) mass is 376 g/mol. The number of terminal acetylenes is 1. The van der Waals surface area contributed by atoms with Crippen molar-refractivity contribution < 1.29 is 9.53 Å². The predicted molar refractivity (Wildman–Crippen MR) is 98.9 cm³/mol. The maximum absolute atomic E-state index is 11.6. The highest BCUT2D eigenvalue weighted by molar-refractivity contribution is 7.21. The normalized spacial score (nSPS) is 10.4. The van der Waals surface area contributed by atoms with Gasteiger partial charge in [0.1, 0.15) is 5.01 Å². The molecule has 0 atom stereocenters. The second kappa shape index (κ2) is 7.10. The molecular weight excluding hydrogens is 367 g/mol. The zero-order chi connectivity index (χ0) is 17.1. The molecule has 0 spiro atoms. The van der Waals surface area contributed by atoms with E-state index in [0.29, 0.717) is 21.3 Å². The average Bonchev–Trinajstić information content (AvgIpc) is 2.97. The number of hydrogen-bond acceptors (Lipinski definition) is 4. The van der Waals surface area contributed by atoms with Crippen molar-refractivity contribution in [2.24, 2.45) is 0 Å². The van der Waals surface area contributed by atoms with E-state index in [9.17, 15) is 4.79 Å². The fraction of sp³-hybridized carbons (Fsp3) is 0.0588. The average molecular weight is 377 g/mol. The molecule has 0 aliphatic carbocycles. The van der Waals surface area contributed by atoms with Crippen LogP contribution in [0.25, 0.3) is 20.8 Å². The number of halogens is 2. The van der Waals surface area contributed by atoms with Crippen molar-refractivity contribution in [1.29, 1.82) is 0 Å². The first kappa shape index (κ1) is 16.6. The van der Waals surface area contributed by atoms with E-state index in [0.717, 1.165) is 15.2 Å². The molecule has 0 saturated heterocycles. The number of carbonyl (C=O) groups excluding carboxylic acids is 1. The van der Waals surface area contributed by atoms with Crippen LogP contribution in [0.3, 0.4) is 0 Å². The molecular formula is C17H10Cl2N2O2S. The first-order chi connectivity index (χ1) is 11.6. The van der Waals surface area contributed by atoms with Gasteiger partial charge in [-0.1, -0.05) is 29.1 Å². The molecule has 1 heterocycles. The summed E-state index contributed by atoms with van der Waals surface area (Å²) in [6, 6.07) is 10.6. The lowest BCUT2D eigenvalue weighted by Crippen LogP contribution is -2.13. The molecule has 1 amide bonds. The van der Waals surface area contributed by atoms with Crippen LogP contribution < -0.4 is 5.32 Å². The summed E-state index contributed by atoms with van der Waals surface area (Å²) in [7, 11) is 0. The van der Waals surface area contributed by atoms with Crippen LogP contribution in [-0.2, 0) is 4.74 Å². The van der Waals surface area contributed by atoms with Gasteiger partial charge in [0.2, 0.25) is 0 Å². The molecule has 3 aromatic rings. The lowest BCUT2D eigenvalue weighted by molar-refractivity contribution is 0.176. The van der Waals surface area contributed by atoms with Crippen LogP contribution >= 0.6 is 34.5 Å². The quantitative estimate of drug-likeness (QED) is 0.618. The molecule has 0 fully saturated rings. The van der Waals surface area contributed by atoms with Crippen LogP contribution in [0.5, 0.6) is 0 Å². The SMILES string of the molecule is C#CCOC(=O)Nc1ccc(Cl)c(-c2nc3cc(Cl)ccc3s2)c1. The fourth-order valence-corrected chi connectivity index (χ4v) is 3.45. The maximum atomic E-state index is 11.6. The number of rotatable bonds is 3. The number of nitrogens with one attached hydrogen (secondary N) is 1. The molecule has 0 radical (unpaired) electrons. The number of ether oxygens (including phenoxy) is 1. The number of thiazole rings is 1. The number of aromatic nitrogens is 1. The number of nitrogens with zero attached hydrogens (tertiary/aromatic N) is 1. The minimum atomic E-state index is -0.627. The molecule has 1 N–H and O–H groups in total. The van der Waals surface area contributed by atoms with Crippen molar-refractivity contribution in [3.05, 3.63) is 46.4 Å². The van der Waals surface area contributed by atoms with Gasteiger partial charge in [0.15, 0.2) is 6.61 Å². The molecule has 1 aromatic heterocycles. The number of amides is 1. The number of fused-ring (bicyclic) bond motifs is 1. The first-order valence-corrected chi connectivity index (χ1v) is 8.37. The lowest BCUT2D eigenvalue weighted by Gasteiger charge is -2.07. The predicted octanol–water partition coefficient (Wildman–Crippen LogP) is 5.45. The second-order valence-corrected chi connectivity index (χ2v) is 6.61. The Morgan fingerprint density at radius 1 is 1.29 bits per heavy atom. The summed E-state index contributed by atoms with van der Waals surface area (Å²) < 4.78 is 5.78. The van der Waals surface area contributed by atoms with Crippen molar-refractivity contribution in [1.82, 2.24) is 4.98 Å². The number of carbonyl (C=O) groups is 1. The van der Waals surface area contributed by atoms with Gasteiger partial charge in [0, 0.05) is 16.3 Å². The Hall–Kier alpha value is -2.26. The third kappa shape index (κ3) is 3.62. The van der Waals surface area contributed by atoms with Gasteiger partial charge in [-0.05, 0) is 36.4 Å². The number of hydrogen-bond donors (Lipinski definition) is 1. The van der Waals surface area contributed by atoms with Gasteiger partial charge in [-0.2, -0.15) is 0 Å². The van der Waals surface area contributed by atoms with Crippen molar-refractivity contribution in [2.45, 2.75) is 0 Å². The molecule has 0 bridgehead atoms. The van der Waals surface area contributed by atoms with Crippen LogP contribution in [0.15, 0.2) is 36.4 Å². The minimum absolute atomic E-state index is 0.0924. The van der Waals surface area contributed by atoms with Gasteiger partial charge in [-0.3, -0.25) is 5.32 Å². The van der Waals surface area contributed by atoms with E-state index < -0.39 is 6.09 Å². The topological polar surface area (TPSA) is 51.2 Å². The maximum Gasteiger partial charge on any atom is 0.412 e. The smallest absolute Gasteiger partial charge is 0.412 e. The van der Waals surface area contributed by atoms with Crippen LogP contribution in [0, 0.1) is 12.3 Å². The third-order valence-corrected chi connectivity index (χ3v) is 4.71. The van der Waals surface area contributed by atoms with E-state index in [1.807, 2.05) is 12.1 Å². The molecule has 24 heavy (non-hydrogen) atoms. The van der Waals surface area contributed by atoms with Crippen molar-refractivity contribution in [2.75, 3.05) is 11.9 Å². The highest BCUT2D eigenvalue weighted by Crippen LogP contribution is 2.36. The molecule has 4 nitrogen and oxygen atoms in total. The Morgan fingerprint density at radius 2 is 2.12 bits per heavy atom. The summed E-state index contributed by atoms with van der Waals surface area (Å²) in [4.78, 5) is 16.1. The first-order valence-electron chi connectivity index (χ1n) is 6.80. The van der Waals surface area contributed by atoms with Crippen LogP contribution in [0.2, 0.25) is 10.0 Å². The molecule has 0 aliphatic heterocycles. The van der Waals surface area contributed by atoms with E-state index >= 15 is 0 Å². The minimum Gasteiger partial charge on any atom is -0.436 e. The van der Waals surface area contributed by atoms with E-state index in [1.54, 1.807) is 24.3 Å². The van der Waals surface area contributed by atoms with Gasteiger partial charge in [0.05, 0.1) is 15.2 Å². The molecule has 0 saturated carbocycles. The highest BCUT2D eigenvalue weighted by atomic mass is 35.5. The van der Waals surface area contributed by atoms with Crippen molar-refractivity contribution in [3.63, 3.8) is 0 Å². The van der Waals surface area contributed by atoms with E-state index in [-0.39, 0.29) is 6.61 Å². The fourth-order valence-electron chi connectivity index (χ4n) is 2.04. The van der Waals surface area contributed by atoms with Gasteiger partial charge in [-0.25, -0.2) is 9.78 Å². The Morgan fingerprint density at radius 3 is 2.92 bits per heavy atom. The summed E-state index contributed by atoms with van der Waals surface area (Å²) in [5.74, 6) is 2.23. The molecule has 7 heteroatoms. The van der Waals surface area contributed by atoms with Gasteiger partial charge >= 0.3 is 6.09 Å². The van der Waals surface area contributed by atoms with Crippen LogP contribution in [-0.4, -0.2) is 17.7 Å². The largest absolute Gasteiger partial charge is 0.436 e. The molecule has 3 rings (SSSR count). The van der Waals surface area contributed by atoms with Gasteiger partial charge in [0.25, 0.3) is 0 Å². The summed E-state index contributed by atoms with van der Waals surface area (Å²) in [6.07, 6.45) is 4.42. The molecule has 2 aromatic carbocycles. The van der Waals surface area contributed by atoms with Crippen LogP contribution in [0.1, 0.15) is 0 Å². The Kier molecular flexibility index (Phi) is 4.91. The third-order valence-electron chi connectivity index (χ3n) is 3.08. The zero-order valence-corrected chi connectivity index (χ0v) is 14.5. The Balaban J connectivity index is 1.93. The van der Waals surface area contributed by atoms with E-state index in [1.165, 1.54) is 11.3 Å². The van der Waals surface area contributed by atoms with Gasteiger partial charge in [-0.15, -0.1) is 17.8 Å². The van der Waals surface area contributed by atoms with E-state index in [2.05, 4.69) is 16.2 Å². The standard InChI is InChI=1S/C17H10Cl2N2O2S/c1-2-7-23-17(22)20-11-4-5-13(19)12(9-11)16-21-14-8-10(18)3-6-15(14)24-16/h1,3-6,8-9H,7H2,(H,20,22). The van der Waals surface area contributed by atoms with Crippen molar-refractivity contribution in [3.8, 4) is 22.9 Å². The Labute approximate surface area is 152 Å². The van der Waals surface area contributed by atoms with Crippen LogP contribution in [0.4, 0.5) is 10.5 Å². The Bertz CT molecular complexity index is 963. The van der Waals surface area contributed by atoms with Crippen molar-refractivity contribution >= 4 is 56.5 Å². The molecule has 0 aliphatic rings. The highest BCUT2D eigenvalue weighted by Gasteiger charge is 2.12. The summed E-state index contributed by atoms with van der Waals surface area (Å²) >= 11 is 13.8. The van der Waals surface area contributed by atoms with E-state index in [4.69, 9.17) is 34.4 Å². The molecule has 0 unspecified atom stereocenters. The number of anilines is 1. The zero-order valence-electron chi connectivity index (χ0n) is 12.2.